The maximum Gasteiger partial charge on any atom is 0.140 e. The summed E-state index contributed by atoms with van der Waals surface area (Å²) in [5, 5.41) is 4.45. The third kappa shape index (κ3) is 2.19. The van der Waals surface area contributed by atoms with Gasteiger partial charge in [-0.3, -0.25) is 0 Å². The SMILES string of the molecule is Clc1cnc(NC23CC4CC(CC(C4)C2)C3)c(Br)c1. The van der Waals surface area contributed by atoms with Crippen LogP contribution in [0.15, 0.2) is 16.7 Å². The fourth-order valence-corrected chi connectivity index (χ4v) is 5.76. The number of rotatable bonds is 2. The Morgan fingerprint density at radius 3 is 2.26 bits per heavy atom. The molecule has 4 aliphatic carbocycles. The largest absolute Gasteiger partial charge is 0.364 e. The third-order valence-corrected chi connectivity index (χ3v) is 6.04. The van der Waals surface area contributed by atoms with Crippen LogP contribution in [0.2, 0.25) is 5.02 Å². The first-order valence-corrected chi connectivity index (χ1v) is 8.38. The Kier molecular flexibility index (Phi) is 2.86. The van der Waals surface area contributed by atoms with E-state index in [1.54, 1.807) is 6.20 Å². The average molecular weight is 342 g/mol. The molecule has 19 heavy (non-hydrogen) atoms. The fraction of sp³-hybridized carbons (Fsp3) is 0.667. The highest BCUT2D eigenvalue weighted by molar-refractivity contribution is 9.10. The molecular weight excluding hydrogens is 324 g/mol. The summed E-state index contributed by atoms with van der Waals surface area (Å²) < 4.78 is 0.982. The van der Waals surface area contributed by atoms with Gasteiger partial charge in [0.2, 0.25) is 0 Å². The zero-order valence-corrected chi connectivity index (χ0v) is 13.2. The molecule has 102 valence electrons. The lowest BCUT2D eigenvalue weighted by Gasteiger charge is -2.57. The van der Waals surface area contributed by atoms with Crippen LogP contribution in [0, 0.1) is 17.8 Å². The van der Waals surface area contributed by atoms with Crippen LogP contribution >= 0.6 is 27.5 Å². The minimum Gasteiger partial charge on any atom is -0.364 e. The second kappa shape index (κ2) is 4.36. The fourth-order valence-electron chi connectivity index (χ4n) is 5.02. The van der Waals surface area contributed by atoms with Gasteiger partial charge in [0.25, 0.3) is 0 Å². The molecule has 1 aromatic rings. The Bertz CT molecular complexity index is 482. The van der Waals surface area contributed by atoms with Gasteiger partial charge in [0.05, 0.1) is 9.50 Å². The second-order valence-corrected chi connectivity index (χ2v) is 8.10. The van der Waals surface area contributed by atoms with Gasteiger partial charge in [-0.2, -0.15) is 0 Å². The molecule has 4 aliphatic rings. The van der Waals surface area contributed by atoms with Crippen molar-refractivity contribution in [2.45, 2.75) is 44.1 Å². The van der Waals surface area contributed by atoms with Gasteiger partial charge in [0.15, 0.2) is 0 Å². The highest BCUT2D eigenvalue weighted by Gasteiger charge is 2.51. The number of nitrogens with one attached hydrogen (secondary N) is 1. The van der Waals surface area contributed by atoms with E-state index in [0.717, 1.165) is 28.0 Å². The molecule has 1 aromatic heterocycles. The maximum atomic E-state index is 5.97. The minimum absolute atomic E-state index is 0.304. The van der Waals surface area contributed by atoms with Crippen molar-refractivity contribution in [1.82, 2.24) is 4.98 Å². The Labute approximate surface area is 127 Å². The number of anilines is 1. The van der Waals surface area contributed by atoms with Gasteiger partial charge in [-0.1, -0.05) is 11.6 Å². The van der Waals surface area contributed by atoms with E-state index in [0.29, 0.717) is 10.6 Å². The van der Waals surface area contributed by atoms with E-state index >= 15 is 0 Å². The van der Waals surface area contributed by atoms with Crippen LogP contribution in [0.5, 0.6) is 0 Å². The van der Waals surface area contributed by atoms with Gasteiger partial charge in [0, 0.05) is 11.7 Å². The van der Waals surface area contributed by atoms with E-state index in [-0.39, 0.29) is 0 Å². The predicted octanol–water partition coefficient (Wildman–Crippen LogP) is 4.88. The van der Waals surface area contributed by atoms with Crippen molar-refractivity contribution < 1.29 is 0 Å². The van der Waals surface area contributed by atoms with Crippen LogP contribution in [-0.4, -0.2) is 10.5 Å². The highest BCUT2D eigenvalue weighted by atomic mass is 79.9. The lowest BCUT2D eigenvalue weighted by atomic mass is 9.53. The summed E-state index contributed by atoms with van der Waals surface area (Å²) in [5.74, 6) is 3.81. The standard InChI is InChI=1S/C15H18BrClN2/c16-13-4-12(17)8-18-14(13)19-15-5-9-1-10(6-15)3-11(2-9)7-15/h4,8-11H,1-3,5-7H2,(H,18,19). The first-order valence-electron chi connectivity index (χ1n) is 7.21. The summed E-state index contributed by atoms with van der Waals surface area (Å²) in [4.78, 5) is 4.46. The Morgan fingerprint density at radius 1 is 1.16 bits per heavy atom. The highest BCUT2D eigenvalue weighted by Crippen LogP contribution is 2.56. The van der Waals surface area contributed by atoms with Crippen molar-refractivity contribution in [3.8, 4) is 0 Å². The maximum absolute atomic E-state index is 5.97. The molecule has 0 radical (unpaired) electrons. The van der Waals surface area contributed by atoms with Crippen LogP contribution in [0.3, 0.4) is 0 Å². The zero-order valence-electron chi connectivity index (χ0n) is 10.8. The second-order valence-electron chi connectivity index (χ2n) is 6.81. The van der Waals surface area contributed by atoms with Crippen LogP contribution < -0.4 is 5.32 Å². The van der Waals surface area contributed by atoms with E-state index < -0.39 is 0 Å². The minimum atomic E-state index is 0.304. The topological polar surface area (TPSA) is 24.9 Å². The molecule has 0 spiro atoms. The number of aromatic nitrogens is 1. The number of hydrogen-bond acceptors (Lipinski definition) is 2. The number of pyridine rings is 1. The molecule has 0 aromatic carbocycles. The zero-order chi connectivity index (χ0) is 13.0. The van der Waals surface area contributed by atoms with Crippen molar-refractivity contribution in [3.63, 3.8) is 0 Å². The summed E-state index contributed by atoms with van der Waals surface area (Å²) in [6.07, 6.45) is 10.1. The van der Waals surface area contributed by atoms with Gasteiger partial charge < -0.3 is 5.32 Å². The van der Waals surface area contributed by atoms with Gasteiger partial charge in [-0.25, -0.2) is 4.98 Å². The Morgan fingerprint density at radius 2 is 1.74 bits per heavy atom. The van der Waals surface area contributed by atoms with Crippen LogP contribution in [0.25, 0.3) is 0 Å². The van der Waals surface area contributed by atoms with Gasteiger partial charge in [-0.05, 0) is 78.3 Å². The first kappa shape index (κ1) is 12.5. The lowest BCUT2D eigenvalue weighted by Crippen LogP contribution is -2.54. The van der Waals surface area contributed by atoms with E-state index in [2.05, 4.69) is 26.2 Å². The summed E-state index contributed by atoms with van der Waals surface area (Å²) >= 11 is 9.55. The molecule has 0 saturated heterocycles. The van der Waals surface area contributed by atoms with E-state index in [4.69, 9.17) is 11.6 Å². The van der Waals surface area contributed by atoms with Crippen molar-refractivity contribution in [1.29, 1.82) is 0 Å². The third-order valence-electron chi connectivity index (χ3n) is 5.23. The molecule has 2 nitrogen and oxygen atoms in total. The molecule has 0 unspecified atom stereocenters. The van der Waals surface area contributed by atoms with Crippen molar-refractivity contribution in [2.24, 2.45) is 17.8 Å². The molecule has 4 bridgehead atoms. The number of nitrogens with zero attached hydrogens (tertiary/aromatic N) is 1. The van der Waals surface area contributed by atoms with Crippen molar-refractivity contribution >= 4 is 33.3 Å². The van der Waals surface area contributed by atoms with Crippen molar-refractivity contribution in [3.05, 3.63) is 21.8 Å². The monoisotopic (exact) mass is 340 g/mol. The summed E-state index contributed by atoms with van der Waals surface area (Å²) in [5.41, 5.74) is 0.304. The number of hydrogen-bond donors (Lipinski definition) is 1. The van der Waals surface area contributed by atoms with E-state index in [9.17, 15) is 0 Å². The normalized spacial score (nSPS) is 39.6. The molecule has 4 saturated carbocycles. The van der Waals surface area contributed by atoms with E-state index in [1.807, 2.05) is 6.07 Å². The molecule has 1 heterocycles. The number of halogens is 2. The quantitative estimate of drug-likeness (QED) is 0.829. The van der Waals surface area contributed by atoms with Crippen LogP contribution in [0.1, 0.15) is 38.5 Å². The van der Waals surface area contributed by atoms with Crippen molar-refractivity contribution in [2.75, 3.05) is 5.32 Å². The molecule has 0 atom stereocenters. The summed E-state index contributed by atoms with van der Waals surface area (Å²) in [6.45, 7) is 0. The van der Waals surface area contributed by atoms with Gasteiger partial charge in [-0.15, -0.1) is 0 Å². The van der Waals surface area contributed by atoms with E-state index in [1.165, 1.54) is 38.5 Å². The predicted molar refractivity (Wildman–Crippen MR) is 81.5 cm³/mol. The molecule has 4 fully saturated rings. The molecule has 5 rings (SSSR count). The average Bonchev–Trinajstić information content (AvgIpc) is 2.31. The molecular formula is C15H18BrClN2. The summed E-state index contributed by atoms with van der Waals surface area (Å²) in [6, 6.07) is 1.93. The van der Waals surface area contributed by atoms with Gasteiger partial charge in [0.1, 0.15) is 5.82 Å². The molecule has 1 N–H and O–H groups in total. The van der Waals surface area contributed by atoms with Crippen LogP contribution in [0.4, 0.5) is 5.82 Å². The van der Waals surface area contributed by atoms with Gasteiger partial charge >= 0.3 is 0 Å². The van der Waals surface area contributed by atoms with Crippen LogP contribution in [-0.2, 0) is 0 Å². The first-order chi connectivity index (χ1) is 9.12. The lowest BCUT2D eigenvalue weighted by molar-refractivity contribution is 0.0105. The Balaban J connectivity index is 1.62. The molecule has 0 amide bonds. The summed E-state index contributed by atoms with van der Waals surface area (Å²) in [7, 11) is 0. The Hall–Kier alpha value is -0.280. The molecule has 0 aliphatic heterocycles. The smallest absolute Gasteiger partial charge is 0.140 e. The molecule has 4 heteroatoms.